The molecule has 0 aromatic rings. The number of carbonyl (C=O) groups is 2. The molecular formula is C93H173NO8P+. The van der Waals surface area contributed by atoms with E-state index in [4.69, 9.17) is 18.5 Å². The van der Waals surface area contributed by atoms with Crippen molar-refractivity contribution in [1.82, 2.24) is 0 Å². The number of likely N-dealkylation sites (N-methyl/N-ethyl adjacent to an activating group) is 1. The van der Waals surface area contributed by atoms with Crippen molar-refractivity contribution >= 4 is 19.8 Å². The minimum Gasteiger partial charge on any atom is -0.462 e. The SMILES string of the molecule is CC/C=C\C/C=C\C/C=C\C/C=C\C/C=C\C/C=C\C/C=C\CCCCCCCCCCCCCCCCCCCCCC(=O)OC(COC(=O)CCCCCCCCCCCCCCCCCCCCCCCCCCCCCCCCCCCCCCCC)COP(=O)(O)OCC[N+](C)(C)C. The molecule has 0 aliphatic heterocycles. The number of rotatable bonds is 84. The van der Waals surface area contributed by atoms with Crippen LogP contribution in [0.25, 0.3) is 0 Å². The molecule has 0 radical (unpaired) electrons. The number of hydrogen-bond acceptors (Lipinski definition) is 7. The van der Waals surface area contributed by atoms with Crippen LogP contribution < -0.4 is 0 Å². The number of unbranched alkanes of at least 4 members (excludes halogenated alkanes) is 56. The summed E-state index contributed by atoms with van der Waals surface area (Å²) in [7, 11) is 1.50. The average molecular weight is 1460 g/mol. The third kappa shape index (κ3) is 88.0. The van der Waals surface area contributed by atoms with Crippen LogP contribution in [0.3, 0.4) is 0 Å². The molecule has 9 nitrogen and oxygen atoms in total. The Morgan fingerprint density at radius 2 is 0.553 bits per heavy atom. The highest BCUT2D eigenvalue weighted by Crippen LogP contribution is 2.43. The molecule has 0 spiro atoms. The zero-order valence-corrected chi connectivity index (χ0v) is 70.0. The lowest BCUT2D eigenvalue weighted by atomic mass is 10.0. The van der Waals surface area contributed by atoms with Crippen molar-refractivity contribution in [1.29, 1.82) is 0 Å². The van der Waals surface area contributed by atoms with Crippen molar-refractivity contribution in [2.45, 2.75) is 450 Å². The van der Waals surface area contributed by atoms with E-state index in [-0.39, 0.29) is 25.6 Å². The van der Waals surface area contributed by atoms with Crippen molar-refractivity contribution in [3.63, 3.8) is 0 Å². The Balaban J connectivity index is 3.87. The molecule has 0 rings (SSSR count). The molecule has 0 aliphatic carbocycles. The molecule has 602 valence electrons. The van der Waals surface area contributed by atoms with E-state index in [2.05, 4.69) is 98.9 Å². The van der Waals surface area contributed by atoms with Crippen molar-refractivity contribution in [3.05, 3.63) is 85.1 Å². The van der Waals surface area contributed by atoms with Crippen molar-refractivity contribution in [2.75, 3.05) is 47.5 Å². The Morgan fingerprint density at radius 1 is 0.311 bits per heavy atom. The molecule has 103 heavy (non-hydrogen) atoms. The van der Waals surface area contributed by atoms with Crippen molar-refractivity contribution in [3.8, 4) is 0 Å². The van der Waals surface area contributed by atoms with Gasteiger partial charge in [0.25, 0.3) is 0 Å². The molecule has 0 bridgehead atoms. The first-order chi connectivity index (χ1) is 50.5. The maximum atomic E-state index is 12.9. The molecule has 2 atom stereocenters. The van der Waals surface area contributed by atoms with E-state index in [0.717, 1.165) is 77.0 Å². The summed E-state index contributed by atoms with van der Waals surface area (Å²) in [5, 5.41) is 0. The maximum Gasteiger partial charge on any atom is 0.472 e. The minimum absolute atomic E-state index is 0.0332. The van der Waals surface area contributed by atoms with Crippen LogP contribution in [0.4, 0.5) is 0 Å². The number of ether oxygens (including phenoxy) is 2. The molecule has 0 amide bonds. The van der Waals surface area contributed by atoms with E-state index >= 15 is 0 Å². The second-order valence-corrected chi connectivity index (χ2v) is 33.1. The second-order valence-electron chi connectivity index (χ2n) is 31.6. The Bertz CT molecular complexity index is 2020. The van der Waals surface area contributed by atoms with Crippen LogP contribution in [0.1, 0.15) is 444 Å². The molecule has 0 saturated heterocycles. The summed E-state index contributed by atoms with van der Waals surface area (Å²) in [6, 6.07) is 0. The third-order valence-corrected chi connectivity index (χ3v) is 21.2. The van der Waals surface area contributed by atoms with Gasteiger partial charge in [0.05, 0.1) is 27.7 Å². The highest BCUT2D eigenvalue weighted by atomic mass is 31.2. The first-order valence-electron chi connectivity index (χ1n) is 44.8. The summed E-state index contributed by atoms with van der Waals surface area (Å²) >= 11 is 0. The molecule has 0 heterocycles. The smallest absolute Gasteiger partial charge is 0.462 e. The zero-order valence-electron chi connectivity index (χ0n) is 69.1. The summed E-state index contributed by atoms with van der Waals surface area (Å²) in [4.78, 5) is 36.1. The predicted octanol–water partition coefficient (Wildman–Crippen LogP) is 30.4. The van der Waals surface area contributed by atoms with Crippen LogP contribution >= 0.6 is 7.82 Å². The number of quaternary nitrogens is 1. The maximum absolute atomic E-state index is 12.9. The van der Waals surface area contributed by atoms with E-state index in [0.29, 0.717) is 23.9 Å². The van der Waals surface area contributed by atoms with E-state index in [1.807, 2.05) is 21.1 Å². The van der Waals surface area contributed by atoms with Crippen LogP contribution in [0.5, 0.6) is 0 Å². The van der Waals surface area contributed by atoms with E-state index in [9.17, 15) is 19.0 Å². The highest BCUT2D eigenvalue weighted by molar-refractivity contribution is 7.47. The zero-order chi connectivity index (χ0) is 74.7. The standard InChI is InChI=1S/C93H172NO8P/c1-6-8-10-12-14-16-18-20-22-24-26-28-30-32-34-36-38-40-42-44-46-47-48-50-52-54-56-58-60-62-64-66-68-70-72-74-76-78-80-82-84-86-93(96)102-91(90-101-103(97,98)100-88-87-94(3,4)5)89-99-92(95)85-83-81-79-77-75-73-71-69-67-65-63-61-59-57-55-53-51-49-45-43-41-39-37-35-33-31-29-27-25-23-21-19-17-15-13-11-9-7-2/h8,10,14,16,20,22,26,28,32,34,38,40,44,46,91H,6-7,9,11-13,15,17-19,21,23-25,27,29-31,33,35-37,39,41-43,45,47-90H2,1-5H3/p+1/b10-8-,16-14-,22-20-,28-26-,34-32-,40-38-,46-44-. The van der Waals surface area contributed by atoms with E-state index in [1.165, 1.54) is 334 Å². The largest absolute Gasteiger partial charge is 0.472 e. The highest BCUT2D eigenvalue weighted by Gasteiger charge is 2.27. The van der Waals surface area contributed by atoms with Crippen LogP contribution in [-0.2, 0) is 32.7 Å². The fourth-order valence-corrected chi connectivity index (χ4v) is 14.2. The van der Waals surface area contributed by atoms with Gasteiger partial charge in [-0.15, -0.1) is 0 Å². The molecule has 2 unspecified atom stereocenters. The molecule has 0 aromatic heterocycles. The topological polar surface area (TPSA) is 108 Å². The van der Waals surface area contributed by atoms with Gasteiger partial charge in [-0.2, -0.15) is 0 Å². The van der Waals surface area contributed by atoms with Gasteiger partial charge in [0.15, 0.2) is 6.10 Å². The van der Waals surface area contributed by atoms with Gasteiger partial charge in [-0.25, -0.2) is 4.57 Å². The minimum atomic E-state index is -4.40. The number of esters is 2. The quantitative estimate of drug-likeness (QED) is 0.0211. The first kappa shape index (κ1) is 100. The number of allylic oxidation sites excluding steroid dienone is 14. The molecule has 10 heteroatoms. The lowest BCUT2D eigenvalue weighted by Gasteiger charge is -2.24. The van der Waals surface area contributed by atoms with Gasteiger partial charge in [-0.3, -0.25) is 18.6 Å². The van der Waals surface area contributed by atoms with E-state index < -0.39 is 26.5 Å². The first-order valence-corrected chi connectivity index (χ1v) is 46.3. The van der Waals surface area contributed by atoms with Gasteiger partial charge in [-0.05, 0) is 70.6 Å². The van der Waals surface area contributed by atoms with Gasteiger partial charge in [0, 0.05) is 12.8 Å². The van der Waals surface area contributed by atoms with Gasteiger partial charge in [0.1, 0.15) is 19.8 Å². The van der Waals surface area contributed by atoms with Crippen LogP contribution in [0.2, 0.25) is 0 Å². The molecule has 0 aromatic carbocycles. The third-order valence-electron chi connectivity index (χ3n) is 20.2. The Labute approximate surface area is 641 Å². The fraction of sp³-hybridized carbons (Fsp3) is 0.828. The summed E-state index contributed by atoms with van der Waals surface area (Å²) in [5.41, 5.74) is 0. The van der Waals surface area contributed by atoms with Crippen molar-refractivity contribution < 1.29 is 42.1 Å². The van der Waals surface area contributed by atoms with Crippen LogP contribution in [-0.4, -0.2) is 74.9 Å². The summed E-state index contributed by atoms with van der Waals surface area (Å²) in [6.45, 7) is 4.40. The molecule has 0 fully saturated rings. The second kappa shape index (κ2) is 83.2. The number of nitrogens with zero attached hydrogens (tertiary/aromatic N) is 1. The molecular weight excluding hydrogens is 1290 g/mol. The molecule has 0 saturated carbocycles. The fourth-order valence-electron chi connectivity index (χ4n) is 13.4. The molecule has 1 N–H and O–H groups in total. The number of phosphoric acid groups is 1. The number of hydrogen-bond donors (Lipinski definition) is 1. The lowest BCUT2D eigenvalue weighted by molar-refractivity contribution is -0.870. The Hall–Kier alpha value is -2.81. The molecule has 0 aliphatic rings. The van der Waals surface area contributed by atoms with Gasteiger partial charge < -0.3 is 18.9 Å². The van der Waals surface area contributed by atoms with Crippen molar-refractivity contribution in [2.24, 2.45) is 0 Å². The number of phosphoric ester groups is 1. The lowest BCUT2D eigenvalue weighted by Crippen LogP contribution is -2.37. The summed E-state index contributed by atoms with van der Waals surface area (Å²) in [5.74, 6) is -0.774. The van der Waals surface area contributed by atoms with Crippen LogP contribution in [0.15, 0.2) is 85.1 Å². The predicted molar refractivity (Wildman–Crippen MR) is 450 cm³/mol. The Morgan fingerprint density at radius 3 is 0.825 bits per heavy atom. The van der Waals surface area contributed by atoms with Gasteiger partial charge >= 0.3 is 19.8 Å². The van der Waals surface area contributed by atoms with Gasteiger partial charge in [-0.1, -0.05) is 446 Å². The monoisotopic (exact) mass is 1460 g/mol. The van der Waals surface area contributed by atoms with Crippen LogP contribution in [0, 0.1) is 0 Å². The normalized spacial score (nSPS) is 13.3. The Kier molecular flexibility index (Phi) is 81.0. The summed E-state index contributed by atoms with van der Waals surface area (Å²) in [6.07, 6.45) is 116. The van der Waals surface area contributed by atoms with Gasteiger partial charge in [0.2, 0.25) is 0 Å². The summed E-state index contributed by atoms with van der Waals surface area (Å²) < 4.78 is 34.9. The van der Waals surface area contributed by atoms with E-state index in [1.54, 1.807) is 0 Å². The number of carbonyl (C=O) groups excluding carboxylic acids is 2. The average Bonchev–Trinajstić information content (AvgIpc) is 0.971.